The van der Waals surface area contributed by atoms with Crippen LogP contribution in [-0.2, 0) is 5.41 Å². The molecule has 0 saturated heterocycles. The highest BCUT2D eigenvalue weighted by atomic mass is 28.3. The number of aromatic amines is 1. The van der Waals surface area contributed by atoms with Crippen LogP contribution in [0.2, 0.25) is 13.1 Å². The van der Waals surface area contributed by atoms with Crippen molar-refractivity contribution >= 4 is 19.9 Å². The summed E-state index contributed by atoms with van der Waals surface area (Å²) in [6.45, 7) is 11.1. The van der Waals surface area contributed by atoms with Crippen LogP contribution in [0.3, 0.4) is 0 Å². The van der Waals surface area contributed by atoms with Gasteiger partial charge in [0, 0.05) is 17.0 Å². The summed E-state index contributed by atoms with van der Waals surface area (Å²) in [5, 5.41) is 1.28. The summed E-state index contributed by atoms with van der Waals surface area (Å²) in [6.07, 6.45) is 0. The van der Waals surface area contributed by atoms with E-state index in [-0.39, 0.29) is 5.41 Å². The summed E-state index contributed by atoms with van der Waals surface area (Å²) < 4.78 is 5.85. The van der Waals surface area contributed by atoms with E-state index in [9.17, 15) is 0 Å². The van der Waals surface area contributed by atoms with Crippen LogP contribution < -0.4 is 4.43 Å². The maximum absolute atomic E-state index is 5.85. The summed E-state index contributed by atoms with van der Waals surface area (Å²) in [4.78, 5) is 3.35. The number of aromatic nitrogens is 1. The van der Waals surface area contributed by atoms with Crippen molar-refractivity contribution in [2.45, 2.75) is 39.3 Å². The maximum atomic E-state index is 5.85. The zero-order valence-corrected chi connectivity index (χ0v) is 12.4. The second-order valence-electron chi connectivity index (χ2n) is 5.82. The summed E-state index contributed by atoms with van der Waals surface area (Å²) in [5.74, 6) is 0.915. The molecule has 0 aliphatic carbocycles. The van der Waals surface area contributed by atoms with E-state index >= 15 is 0 Å². The fourth-order valence-electron chi connectivity index (χ4n) is 2.10. The van der Waals surface area contributed by atoms with E-state index in [1.54, 1.807) is 0 Å². The third-order valence-electron chi connectivity index (χ3n) is 2.81. The molecule has 1 heterocycles. The molecule has 2 aromatic rings. The van der Waals surface area contributed by atoms with Gasteiger partial charge in [-0.15, -0.1) is 0 Å². The average Bonchev–Trinajstić information content (AvgIpc) is 2.55. The first kappa shape index (κ1) is 12.2. The van der Waals surface area contributed by atoms with Crippen molar-refractivity contribution in [2.75, 3.05) is 0 Å². The second kappa shape index (κ2) is 4.22. The molecule has 2 rings (SSSR count). The fourth-order valence-corrected chi connectivity index (χ4v) is 2.74. The number of H-pyrrole nitrogens is 1. The molecule has 0 aliphatic rings. The van der Waals surface area contributed by atoms with Gasteiger partial charge >= 0.3 is 0 Å². The Labute approximate surface area is 105 Å². The smallest absolute Gasteiger partial charge is 0.231 e. The van der Waals surface area contributed by atoms with E-state index in [1.807, 2.05) is 0 Å². The van der Waals surface area contributed by atoms with Crippen molar-refractivity contribution in [3.8, 4) is 5.88 Å². The molecule has 0 radical (unpaired) electrons. The van der Waals surface area contributed by atoms with E-state index < -0.39 is 9.04 Å². The first-order chi connectivity index (χ1) is 7.88. The predicted molar refractivity (Wildman–Crippen MR) is 76.5 cm³/mol. The van der Waals surface area contributed by atoms with E-state index in [0.29, 0.717) is 0 Å². The van der Waals surface area contributed by atoms with Gasteiger partial charge in [-0.05, 0) is 30.1 Å². The first-order valence-electron chi connectivity index (χ1n) is 6.17. The molecule has 0 spiro atoms. The summed E-state index contributed by atoms with van der Waals surface area (Å²) >= 11 is 0. The molecule has 0 saturated carbocycles. The number of hydrogen-bond acceptors (Lipinski definition) is 1. The van der Waals surface area contributed by atoms with Crippen LogP contribution in [0, 0.1) is 0 Å². The molecule has 0 aliphatic heterocycles. The minimum atomic E-state index is -1.04. The van der Waals surface area contributed by atoms with Crippen LogP contribution in [0.5, 0.6) is 5.88 Å². The Balaban J connectivity index is 2.53. The number of rotatable bonds is 2. The zero-order valence-electron chi connectivity index (χ0n) is 11.3. The van der Waals surface area contributed by atoms with Gasteiger partial charge in [-0.1, -0.05) is 32.9 Å². The molecule has 0 unspecified atom stereocenters. The van der Waals surface area contributed by atoms with E-state index in [1.165, 1.54) is 16.5 Å². The summed E-state index contributed by atoms with van der Waals surface area (Å²) in [6, 6.07) is 8.56. The molecule has 17 heavy (non-hydrogen) atoms. The first-order valence-corrected chi connectivity index (χ1v) is 8.95. The number of hydrogen-bond donors (Lipinski definition) is 1. The molecular weight excluding hydrogens is 226 g/mol. The third-order valence-corrected chi connectivity index (χ3v) is 3.54. The molecule has 1 N–H and O–H groups in total. The minimum absolute atomic E-state index is 0.161. The predicted octanol–water partition coefficient (Wildman–Crippen LogP) is 3.83. The summed E-state index contributed by atoms with van der Waals surface area (Å²) in [7, 11) is -1.04. The van der Waals surface area contributed by atoms with Crippen LogP contribution >= 0.6 is 0 Å². The molecule has 92 valence electrons. The highest BCUT2D eigenvalue weighted by molar-refractivity contribution is 6.49. The Hall–Kier alpha value is -1.22. The monoisotopic (exact) mass is 247 g/mol. The Morgan fingerprint density at radius 3 is 2.47 bits per heavy atom. The van der Waals surface area contributed by atoms with Crippen LogP contribution in [0.4, 0.5) is 0 Å². The van der Waals surface area contributed by atoms with E-state index in [4.69, 9.17) is 4.43 Å². The van der Waals surface area contributed by atoms with Crippen molar-refractivity contribution in [3.63, 3.8) is 0 Å². The molecule has 2 nitrogen and oxygen atoms in total. The lowest BCUT2D eigenvalue weighted by Crippen LogP contribution is -2.11. The van der Waals surface area contributed by atoms with Gasteiger partial charge in [0.15, 0.2) is 5.88 Å². The molecule has 3 heteroatoms. The number of fused-ring (bicyclic) bond motifs is 1. The molecular formula is C14H21NOSi. The van der Waals surface area contributed by atoms with Gasteiger partial charge in [-0.2, -0.15) is 0 Å². The van der Waals surface area contributed by atoms with E-state index in [0.717, 1.165) is 5.88 Å². The average molecular weight is 247 g/mol. The normalized spacial score (nSPS) is 12.4. The number of benzene rings is 1. The SMILES string of the molecule is C[SiH](C)Oc1cc2c(C(C)(C)C)cccc2[nH]1. The third kappa shape index (κ3) is 2.55. The summed E-state index contributed by atoms with van der Waals surface area (Å²) in [5.41, 5.74) is 2.70. The van der Waals surface area contributed by atoms with Gasteiger partial charge in [0.1, 0.15) is 0 Å². The van der Waals surface area contributed by atoms with Crippen LogP contribution in [0.25, 0.3) is 10.9 Å². The van der Waals surface area contributed by atoms with Crippen molar-refractivity contribution in [1.82, 2.24) is 4.98 Å². The fraction of sp³-hybridized carbons (Fsp3) is 0.429. The van der Waals surface area contributed by atoms with Crippen molar-refractivity contribution in [2.24, 2.45) is 0 Å². The molecule has 0 amide bonds. The van der Waals surface area contributed by atoms with Crippen molar-refractivity contribution in [1.29, 1.82) is 0 Å². The topological polar surface area (TPSA) is 25.0 Å². The highest BCUT2D eigenvalue weighted by Gasteiger charge is 2.18. The van der Waals surface area contributed by atoms with Crippen LogP contribution in [-0.4, -0.2) is 14.0 Å². The van der Waals surface area contributed by atoms with Gasteiger partial charge in [-0.3, -0.25) is 0 Å². The van der Waals surface area contributed by atoms with Crippen LogP contribution in [0.1, 0.15) is 26.3 Å². The second-order valence-corrected chi connectivity index (χ2v) is 8.15. The Morgan fingerprint density at radius 1 is 1.18 bits per heavy atom. The van der Waals surface area contributed by atoms with Gasteiger partial charge in [0.2, 0.25) is 9.04 Å². The van der Waals surface area contributed by atoms with Gasteiger partial charge in [-0.25, -0.2) is 0 Å². The number of nitrogens with one attached hydrogen (secondary N) is 1. The minimum Gasteiger partial charge on any atom is -0.535 e. The van der Waals surface area contributed by atoms with Crippen LogP contribution in [0.15, 0.2) is 24.3 Å². The van der Waals surface area contributed by atoms with E-state index in [2.05, 4.69) is 63.1 Å². The Kier molecular flexibility index (Phi) is 3.04. The molecule has 0 bridgehead atoms. The Bertz CT molecular complexity index is 522. The maximum Gasteiger partial charge on any atom is 0.231 e. The lowest BCUT2D eigenvalue weighted by molar-refractivity contribution is 0.561. The van der Waals surface area contributed by atoms with Crippen molar-refractivity contribution in [3.05, 3.63) is 29.8 Å². The largest absolute Gasteiger partial charge is 0.535 e. The molecule has 1 aromatic carbocycles. The molecule has 0 atom stereocenters. The lowest BCUT2D eigenvalue weighted by Gasteiger charge is -2.19. The zero-order chi connectivity index (χ0) is 12.6. The molecule has 1 aromatic heterocycles. The standard InChI is InChI=1S/C14H21NOSi/c1-14(2,3)11-7-6-8-12-10(11)9-13(15-12)16-17(4)5/h6-9,15,17H,1-5H3. The quantitative estimate of drug-likeness (QED) is 0.802. The van der Waals surface area contributed by atoms with Gasteiger partial charge in [0.05, 0.1) is 0 Å². The lowest BCUT2D eigenvalue weighted by atomic mass is 9.85. The molecule has 0 fully saturated rings. The van der Waals surface area contributed by atoms with Gasteiger partial charge in [0.25, 0.3) is 0 Å². The Morgan fingerprint density at radius 2 is 1.88 bits per heavy atom. The van der Waals surface area contributed by atoms with Gasteiger partial charge < -0.3 is 9.41 Å². The van der Waals surface area contributed by atoms with Crippen molar-refractivity contribution < 1.29 is 4.43 Å². The highest BCUT2D eigenvalue weighted by Crippen LogP contribution is 2.32.